The standard InChI is InChI=1S/C27H46N.HI/c1-5-6-7-8-9-10-11-12-13-14-15-16-17-20-23-28-24(2)27(3,4)25-21-18-19-22-26(25)28;/h18-19,21-22H,5-17,20,23H2,1-4H3;1H/q+1;/p-1. The maximum absolute atomic E-state index is 2.58. The van der Waals surface area contributed by atoms with Crippen LogP contribution < -0.4 is 24.0 Å². The fourth-order valence-corrected chi connectivity index (χ4v) is 4.70. The van der Waals surface area contributed by atoms with Crippen molar-refractivity contribution in [1.82, 2.24) is 0 Å². The molecule has 1 aliphatic rings. The summed E-state index contributed by atoms with van der Waals surface area (Å²) in [6.45, 7) is 10.5. The highest BCUT2D eigenvalue weighted by atomic mass is 127. The van der Waals surface area contributed by atoms with Gasteiger partial charge >= 0.3 is 0 Å². The Hall–Kier alpha value is -0.380. The van der Waals surface area contributed by atoms with Crippen molar-refractivity contribution in [1.29, 1.82) is 0 Å². The minimum absolute atomic E-state index is 0. The summed E-state index contributed by atoms with van der Waals surface area (Å²) in [5.74, 6) is 0. The Bertz CT molecular complexity index is 602. The number of fused-ring (bicyclic) bond motifs is 1. The topological polar surface area (TPSA) is 3.01 Å². The third kappa shape index (κ3) is 8.34. The van der Waals surface area contributed by atoms with E-state index in [1.165, 1.54) is 113 Å². The number of unbranched alkanes of at least 4 members (excludes halogenated alkanes) is 13. The molecule has 1 nitrogen and oxygen atoms in total. The zero-order valence-corrected chi connectivity index (χ0v) is 21.9. The van der Waals surface area contributed by atoms with E-state index in [1.54, 1.807) is 0 Å². The molecule has 0 N–H and O–H groups in total. The van der Waals surface area contributed by atoms with E-state index in [0.29, 0.717) is 0 Å². The summed E-state index contributed by atoms with van der Waals surface area (Å²) in [6, 6.07) is 8.98. The van der Waals surface area contributed by atoms with Crippen LogP contribution in [0.25, 0.3) is 0 Å². The molecule has 0 fully saturated rings. The molecule has 0 saturated carbocycles. The second-order valence-electron chi connectivity index (χ2n) is 9.48. The minimum atomic E-state index is 0. The fraction of sp³-hybridized carbons (Fsp3) is 0.741. The number of hydrogen-bond donors (Lipinski definition) is 0. The highest BCUT2D eigenvalue weighted by Gasteiger charge is 2.42. The number of para-hydroxylation sites is 1. The van der Waals surface area contributed by atoms with Crippen LogP contribution >= 0.6 is 0 Å². The van der Waals surface area contributed by atoms with E-state index in [4.69, 9.17) is 0 Å². The highest BCUT2D eigenvalue weighted by molar-refractivity contribution is 5.93. The lowest BCUT2D eigenvalue weighted by molar-refractivity contribution is -0.439. The van der Waals surface area contributed by atoms with Gasteiger partial charge in [0, 0.05) is 25.0 Å². The average molecular weight is 512 g/mol. The van der Waals surface area contributed by atoms with Gasteiger partial charge in [-0.05, 0) is 20.3 Å². The molecular weight excluding hydrogens is 465 g/mol. The van der Waals surface area contributed by atoms with Crippen LogP contribution in [0.2, 0.25) is 0 Å². The first-order chi connectivity index (χ1) is 13.6. The first kappa shape index (κ1) is 26.7. The van der Waals surface area contributed by atoms with Crippen LogP contribution in [0.15, 0.2) is 24.3 Å². The molecular formula is C27H46IN. The molecule has 0 amide bonds. The molecule has 0 aliphatic carbocycles. The molecule has 1 aliphatic heterocycles. The van der Waals surface area contributed by atoms with Crippen LogP contribution in [0.5, 0.6) is 0 Å². The first-order valence-corrected chi connectivity index (χ1v) is 12.3. The molecule has 1 aromatic carbocycles. The Kier molecular flexibility index (Phi) is 13.4. The third-order valence-corrected chi connectivity index (χ3v) is 6.91. The second kappa shape index (κ2) is 14.6. The molecule has 0 atom stereocenters. The van der Waals surface area contributed by atoms with Crippen molar-refractivity contribution < 1.29 is 28.6 Å². The molecule has 0 radical (unpaired) electrons. The molecule has 0 spiro atoms. The van der Waals surface area contributed by atoms with Gasteiger partial charge in [-0.25, -0.2) is 0 Å². The quantitative estimate of drug-likeness (QED) is 0.165. The molecule has 1 heterocycles. The van der Waals surface area contributed by atoms with Gasteiger partial charge in [0.1, 0.15) is 6.54 Å². The summed E-state index contributed by atoms with van der Waals surface area (Å²) < 4.78 is 2.58. The average Bonchev–Trinajstić information content (AvgIpc) is 2.89. The summed E-state index contributed by atoms with van der Waals surface area (Å²) in [6.07, 6.45) is 20.0. The van der Waals surface area contributed by atoms with Gasteiger partial charge in [0.2, 0.25) is 5.69 Å². The lowest BCUT2D eigenvalue weighted by Gasteiger charge is -2.14. The van der Waals surface area contributed by atoms with Crippen LogP contribution in [0.1, 0.15) is 123 Å². The van der Waals surface area contributed by atoms with Gasteiger partial charge in [-0.1, -0.05) is 102 Å². The molecule has 0 bridgehead atoms. The maximum atomic E-state index is 2.58. The third-order valence-electron chi connectivity index (χ3n) is 6.91. The summed E-state index contributed by atoms with van der Waals surface area (Å²) in [5, 5.41) is 0. The summed E-state index contributed by atoms with van der Waals surface area (Å²) >= 11 is 0. The van der Waals surface area contributed by atoms with Crippen molar-refractivity contribution >= 4 is 11.4 Å². The van der Waals surface area contributed by atoms with Crippen molar-refractivity contribution in [3.8, 4) is 0 Å². The van der Waals surface area contributed by atoms with Crippen molar-refractivity contribution in [2.45, 2.75) is 123 Å². The van der Waals surface area contributed by atoms with Crippen molar-refractivity contribution in [3.05, 3.63) is 29.8 Å². The zero-order valence-electron chi connectivity index (χ0n) is 19.7. The van der Waals surface area contributed by atoms with E-state index < -0.39 is 0 Å². The Labute approximate surface area is 198 Å². The van der Waals surface area contributed by atoms with Crippen LogP contribution in [-0.4, -0.2) is 16.8 Å². The van der Waals surface area contributed by atoms with E-state index in [1.807, 2.05) is 0 Å². The lowest BCUT2D eigenvalue weighted by atomic mass is 9.82. The Morgan fingerprint density at radius 1 is 0.690 bits per heavy atom. The normalized spacial score (nSPS) is 14.8. The molecule has 2 heteroatoms. The predicted octanol–water partition coefficient (Wildman–Crippen LogP) is 5.57. The van der Waals surface area contributed by atoms with Crippen LogP contribution in [0.3, 0.4) is 0 Å². The van der Waals surface area contributed by atoms with E-state index in [9.17, 15) is 0 Å². The van der Waals surface area contributed by atoms with Gasteiger partial charge in [0.25, 0.3) is 0 Å². The van der Waals surface area contributed by atoms with Gasteiger partial charge in [-0.3, -0.25) is 0 Å². The first-order valence-electron chi connectivity index (χ1n) is 12.3. The molecule has 29 heavy (non-hydrogen) atoms. The summed E-state index contributed by atoms with van der Waals surface area (Å²) in [4.78, 5) is 0. The molecule has 166 valence electrons. The van der Waals surface area contributed by atoms with Gasteiger partial charge in [-0.15, -0.1) is 0 Å². The monoisotopic (exact) mass is 511 g/mol. The number of halogens is 1. The van der Waals surface area contributed by atoms with E-state index >= 15 is 0 Å². The van der Waals surface area contributed by atoms with E-state index in [-0.39, 0.29) is 29.4 Å². The van der Waals surface area contributed by atoms with Crippen LogP contribution in [0.4, 0.5) is 5.69 Å². The SMILES string of the molecule is CCCCCCCCCCCCCCCC[N+]1=C(C)C(C)(C)c2ccccc21.[I-]. The Balaban J connectivity index is 0.00000420. The fourth-order valence-electron chi connectivity index (χ4n) is 4.70. The maximum Gasteiger partial charge on any atom is 0.209 e. The van der Waals surface area contributed by atoms with Crippen LogP contribution in [-0.2, 0) is 5.41 Å². The largest absolute Gasteiger partial charge is 1.00 e. The van der Waals surface area contributed by atoms with E-state index in [2.05, 4.69) is 56.5 Å². The zero-order chi connectivity index (χ0) is 20.2. The number of nitrogens with zero attached hydrogens (tertiary/aromatic N) is 1. The predicted molar refractivity (Wildman–Crippen MR) is 125 cm³/mol. The number of rotatable bonds is 15. The second-order valence-corrected chi connectivity index (χ2v) is 9.48. The van der Waals surface area contributed by atoms with Crippen molar-refractivity contribution in [3.63, 3.8) is 0 Å². The highest BCUT2D eigenvalue weighted by Crippen LogP contribution is 2.39. The number of hydrogen-bond acceptors (Lipinski definition) is 0. The van der Waals surface area contributed by atoms with Gasteiger partial charge < -0.3 is 24.0 Å². The summed E-state index contributed by atoms with van der Waals surface area (Å²) in [7, 11) is 0. The molecule has 0 unspecified atom stereocenters. The van der Waals surface area contributed by atoms with Gasteiger partial charge in [-0.2, -0.15) is 4.58 Å². The van der Waals surface area contributed by atoms with Gasteiger partial charge in [0.05, 0.1) is 5.41 Å². The van der Waals surface area contributed by atoms with Crippen molar-refractivity contribution in [2.75, 3.05) is 6.54 Å². The molecule has 0 saturated heterocycles. The lowest BCUT2D eigenvalue weighted by Crippen LogP contribution is -3.00. The summed E-state index contributed by atoms with van der Waals surface area (Å²) in [5.41, 5.74) is 4.65. The van der Waals surface area contributed by atoms with E-state index in [0.717, 1.165) is 0 Å². The molecule has 1 aromatic rings. The smallest absolute Gasteiger partial charge is 0.209 e. The minimum Gasteiger partial charge on any atom is -1.00 e. The molecule has 2 rings (SSSR count). The number of benzene rings is 1. The molecule has 0 aromatic heterocycles. The Morgan fingerprint density at radius 3 is 1.66 bits per heavy atom. The van der Waals surface area contributed by atoms with Gasteiger partial charge in [0.15, 0.2) is 5.71 Å². The Morgan fingerprint density at radius 2 is 1.14 bits per heavy atom. The van der Waals surface area contributed by atoms with Crippen LogP contribution in [0, 0.1) is 0 Å². The van der Waals surface area contributed by atoms with Crippen molar-refractivity contribution in [2.24, 2.45) is 0 Å².